The van der Waals surface area contributed by atoms with Crippen molar-refractivity contribution >= 4 is 5.91 Å². The SMILES string of the molecule is CC(C)(C)OC(O)N1CCN2C(=O)COC=C2C1. The standard InChI is InChI=1S/C12H20N2O4/c1-12(2,3)18-11(16)13-4-5-14-9(6-13)7-17-8-10(14)15/h7,11,16H,4-6,8H2,1-3H3. The molecule has 0 bridgehead atoms. The first-order chi connectivity index (χ1) is 8.37. The molecule has 18 heavy (non-hydrogen) atoms. The fraction of sp³-hybridized carbons (Fsp3) is 0.750. The molecule has 0 aliphatic carbocycles. The minimum absolute atomic E-state index is 0.0293. The normalized spacial score (nSPS) is 23.2. The first-order valence-electron chi connectivity index (χ1n) is 6.08. The third-order valence-corrected chi connectivity index (χ3v) is 2.82. The summed E-state index contributed by atoms with van der Waals surface area (Å²) in [5.74, 6) is -0.0293. The molecule has 0 radical (unpaired) electrons. The summed E-state index contributed by atoms with van der Waals surface area (Å²) in [4.78, 5) is 15.1. The maximum absolute atomic E-state index is 11.6. The number of carbonyl (C=O) groups is 1. The smallest absolute Gasteiger partial charge is 0.264 e. The number of fused-ring (bicyclic) bond motifs is 1. The summed E-state index contributed by atoms with van der Waals surface area (Å²) in [5.41, 5.74) is 0.359. The molecule has 2 rings (SSSR count). The summed E-state index contributed by atoms with van der Waals surface area (Å²) in [6, 6.07) is 0. The second-order valence-electron chi connectivity index (χ2n) is 5.49. The average Bonchev–Trinajstić information content (AvgIpc) is 2.26. The molecule has 1 unspecified atom stereocenters. The number of nitrogens with zero attached hydrogens (tertiary/aromatic N) is 2. The lowest BCUT2D eigenvalue weighted by Gasteiger charge is -2.41. The van der Waals surface area contributed by atoms with E-state index in [1.54, 1.807) is 16.1 Å². The number of hydrogen-bond donors (Lipinski definition) is 1. The first kappa shape index (κ1) is 13.3. The second kappa shape index (κ2) is 4.87. The van der Waals surface area contributed by atoms with Crippen LogP contribution in [0, 0.1) is 0 Å². The van der Waals surface area contributed by atoms with Gasteiger partial charge in [-0.15, -0.1) is 0 Å². The fourth-order valence-electron chi connectivity index (χ4n) is 2.00. The van der Waals surface area contributed by atoms with E-state index in [-0.39, 0.29) is 12.5 Å². The molecule has 2 aliphatic rings. The zero-order chi connectivity index (χ0) is 13.3. The van der Waals surface area contributed by atoms with Gasteiger partial charge in [0.25, 0.3) is 5.91 Å². The second-order valence-corrected chi connectivity index (χ2v) is 5.49. The van der Waals surface area contributed by atoms with Crippen LogP contribution in [0.25, 0.3) is 0 Å². The van der Waals surface area contributed by atoms with Gasteiger partial charge in [0, 0.05) is 19.6 Å². The Labute approximate surface area is 107 Å². The molecule has 0 aromatic heterocycles. The number of amides is 1. The van der Waals surface area contributed by atoms with E-state index in [1.165, 1.54) is 0 Å². The third-order valence-electron chi connectivity index (χ3n) is 2.82. The summed E-state index contributed by atoms with van der Waals surface area (Å²) in [5, 5.41) is 10.00. The maximum Gasteiger partial charge on any atom is 0.264 e. The van der Waals surface area contributed by atoms with Gasteiger partial charge in [0.15, 0.2) is 6.61 Å². The number of ether oxygens (including phenoxy) is 2. The van der Waals surface area contributed by atoms with Crippen LogP contribution in [0.3, 0.4) is 0 Å². The van der Waals surface area contributed by atoms with Crippen LogP contribution < -0.4 is 0 Å². The Bertz CT molecular complexity index is 362. The number of aliphatic hydroxyl groups excluding tert-OH is 1. The zero-order valence-electron chi connectivity index (χ0n) is 11.0. The summed E-state index contributed by atoms with van der Waals surface area (Å²) >= 11 is 0. The van der Waals surface area contributed by atoms with E-state index in [9.17, 15) is 9.90 Å². The summed E-state index contributed by atoms with van der Waals surface area (Å²) in [6.45, 7) is 7.35. The van der Waals surface area contributed by atoms with E-state index < -0.39 is 12.0 Å². The summed E-state index contributed by atoms with van der Waals surface area (Å²) in [6.07, 6.45) is 0.613. The number of carbonyl (C=O) groups excluding carboxylic acids is 1. The van der Waals surface area contributed by atoms with Crippen molar-refractivity contribution in [2.24, 2.45) is 0 Å². The van der Waals surface area contributed by atoms with Gasteiger partial charge in [-0.3, -0.25) is 4.79 Å². The Balaban J connectivity index is 1.98. The number of piperazine rings is 1. The monoisotopic (exact) mass is 256 g/mol. The van der Waals surface area contributed by atoms with Crippen LogP contribution in [0.15, 0.2) is 12.0 Å². The maximum atomic E-state index is 11.6. The Morgan fingerprint density at radius 3 is 2.83 bits per heavy atom. The highest BCUT2D eigenvalue weighted by Gasteiger charge is 2.32. The van der Waals surface area contributed by atoms with Gasteiger partial charge in [0.1, 0.15) is 6.26 Å². The van der Waals surface area contributed by atoms with Crippen LogP contribution in [0.4, 0.5) is 0 Å². The van der Waals surface area contributed by atoms with E-state index in [0.29, 0.717) is 19.6 Å². The minimum atomic E-state index is -0.968. The lowest BCUT2D eigenvalue weighted by atomic mass is 10.2. The molecule has 0 aromatic rings. The summed E-state index contributed by atoms with van der Waals surface area (Å²) in [7, 11) is 0. The lowest BCUT2D eigenvalue weighted by molar-refractivity contribution is -0.241. The molecule has 0 aromatic carbocycles. The van der Waals surface area contributed by atoms with E-state index >= 15 is 0 Å². The van der Waals surface area contributed by atoms with Gasteiger partial charge in [-0.2, -0.15) is 0 Å². The number of aliphatic hydroxyl groups is 1. The Morgan fingerprint density at radius 1 is 1.44 bits per heavy atom. The highest BCUT2D eigenvalue weighted by Crippen LogP contribution is 2.20. The third kappa shape index (κ3) is 3.01. The van der Waals surface area contributed by atoms with Crippen LogP contribution in [0.1, 0.15) is 20.8 Å². The van der Waals surface area contributed by atoms with Crippen molar-refractivity contribution in [3.63, 3.8) is 0 Å². The molecule has 1 fully saturated rings. The zero-order valence-corrected chi connectivity index (χ0v) is 11.0. The summed E-state index contributed by atoms with van der Waals surface area (Å²) < 4.78 is 10.6. The van der Waals surface area contributed by atoms with E-state index in [1.807, 2.05) is 20.8 Å². The van der Waals surface area contributed by atoms with Gasteiger partial charge < -0.3 is 19.5 Å². The van der Waals surface area contributed by atoms with Crippen LogP contribution in [-0.2, 0) is 14.3 Å². The highest BCUT2D eigenvalue weighted by atomic mass is 16.6. The lowest BCUT2D eigenvalue weighted by Crippen LogP contribution is -2.54. The topological polar surface area (TPSA) is 62.2 Å². The molecule has 0 spiro atoms. The molecule has 6 heteroatoms. The van der Waals surface area contributed by atoms with Crippen molar-refractivity contribution in [1.82, 2.24) is 9.80 Å². The van der Waals surface area contributed by atoms with Gasteiger partial charge in [0.2, 0.25) is 6.41 Å². The van der Waals surface area contributed by atoms with E-state index in [2.05, 4.69) is 0 Å². The van der Waals surface area contributed by atoms with E-state index in [4.69, 9.17) is 9.47 Å². The van der Waals surface area contributed by atoms with Gasteiger partial charge in [0.05, 0.1) is 11.3 Å². The molecular formula is C12H20N2O4. The van der Waals surface area contributed by atoms with Crippen molar-refractivity contribution in [3.05, 3.63) is 12.0 Å². The predicted octanol–water partition coefficient (Wildman–Crippen LogP) is 0.0932. The molecular weight excluding hydrogens is 236 g/mol. The molecule has 6 nitrogen and oxygen atoms in total. The Kier molecular flexibility index (Phi) is 3.61. The number of hydrogen-bond acceptors (Lipinski definition) is 5. The van der Waals surface area contributed by atoms with Crippen LogP contribution >= 0.6 is 0 Å². The molecule has 1 saturated heterocycles. The van der Waals surface area contributed by atoms with Crippen molar-refractivity contribution in [3.8, 4) is 0 Å². The van der Waals surface area contributed by atoms with Gasteiger partial charge in [-0.25, -0.2) is 4.90 Å². The number of rotatable bonds is 2. The van der Waals surface area contributed by atoms with Crippen LogP contribution in [0.5, 0.6) is 0 Å². The molecule has 2 aliphatic heterocycles. The first-order valence-corrected chi connectivity index (χ1v) is 6.08. The molecule has 1 N–H and O–H groups in total. The fourth-order valence-corrected chi connectivity index (χ4v) is 2.00. The van der Waals surface area contributed by atoms with Gasteiger partial charge >= 0.3 is 0 Å². The van der Waals surface area contributed by atoms with Crippen molar-refractivity contribution in [2.75, 3.05) is 26.2 Å². The van der Waals surface area contributed by atoms with Gasteiger partial charge in [-0.1, -0.05) is 0 Å². The largest absolute Gasteiger partial charge is 0.489 e. The average molecular weight is 256 g/mol. The Morgan fingerprint density at radius 2 is 2.17 bits per heavy atom. The molecule has 102 valence electrons. The van der Waals surface area contributed by atoms with Crippen LogP contribution in [0.2, 0.25) is 0 Å². The quantitative estimate of drug-likeness (QED) is 0.710. The predicted molar refractivity (Wildman–Crippen MR) is 64.2 cm³/mol. The minimum Gasteiger partial charge on any atom is -0.489 e. The molecule has 1 amide bonds. The highest BCUT2D eigenvalue weighted by molar-refractivity contribution is 5.80. The molecule has 0 saturated carbocycles. The van der Waals surface area contributed by atoms with Crippen LogP contribution in [-0.4, -0.2) is 59.1 Å². The van der Waals surface area contributed by atoms with E-state index in [0.717, 1.165) is 5.70 Å². The van der Waals surface area contributed by atoms with Gasteiger partial charge in [-0.05, 0) is 20.8 Å². The molecule has 2 heterocycles. The molecule has 1 atom stereocenters. The van der Waals surface area contributed by atoms with Crippen molar-refractivity contribution in [2.45, 2.75) is 32.8 Å². The van der Waals surface area contributed by atoms with Crippen molar-refractivity contribution < 1.29 is 19.4 Å². The Hall–Kier alpha value is -1.11. The van der Waals surface area contributed by atoms with Crippen molar-refractivity contribution in [1.29, 1.82) is 0 Å².